The summed E-state index contributed by atoms with van der Waals surface area (Å²) in [7, 11) is -6.39. The van der Waals surface area contributed by atoms with E-state index in [0.717, 1.165) is 22.5 Å². The Kier molecular flexibility index (Phi) is 5.55. The van der Waals surface area contributed by atoms with Crippen LogP contribution in [0.25, 0.3) is 0 Å². The fourth-order valence-corrected chi connectivity index (χ4v) is 4.30. The molecule has 0 aliphatic heterocycles. The molecule has 0 bridgehead atoms. The molecule has 2 rings (SSSR count). The summed E-state index contributed by atoms with van der Waals surface area (Å²) in [4.78, 5) is -0.214. The van der Waals surface area contributed by atoms with E-state index in [4.69, 9.17) is 16.7 Å². The van der Waals surface area contributed by atoms with Crippen LogP contribution in [0.1, 0.15) is 18.5 Å². The molecule has 10 heteroatoms. The molecule has 0 saturated carbocycles. The molecule has 0 spiro atoms. The van der Waals surface area contributed by atoms with Crippen molar-refractivity contribution in [3.05, 3.63) is 58.9 Å². The van der Waals surface area contributed by atoms with Gasteiger partial charge in [-0.3, -0.25) is 0 Å². The van der Waals surface area contributed by atoms with Gasteiger partial charge in [0.15, 0.2) is 0 Å². The number of sulfonamides is 2. The Bertz CT molecular complexity index is 993. The van der Waals surface area contributed by atoms with Gasteiger partial charge in [-0.1, -0.05) is 23.7 Å². The van der Waals surface area contributed by atoms with Crippen LogP contribution in [-0.4, -0.2) is 28.2 Å². The van der Waals surface area contributed by atoms with E-state index in [0.29, 0.717) is 5.56 Å². The van der Waals surface area contributed by atoms with Crippen molar-refractivity contribution in [3.8, 4) is 0 Å². The van der Waals surface area contributed by atoms with Crippen LogP contribution in [0.3, 0.4) is 0 Å². The minimum atomic E-state index is -3.92. The summed E-state index contributed by atoms with van der Waals surface area (Å²) in [5.41, 5.74) is 0.562. The Hall–Kier alpha value is -1.52. The third-order valence-electron chi connectivity index (χ3n) is 3.80. The summed E-state index contributed by atoms with van der Waals surface area (Å²) in [6.07, 6.45) is 0. The van der Waals surface area contributed by atoms with E-state index in [1.54, 1.807) is 6.92 Å². The molecule has 0 aromatic heterocycles. The fraction of sp³-hybridized carbons (Fsp3) is 0.200. The maximum absolute atomic E-state index is 13.2. The van der Waals surface area contributed by atoms with Crippen LogP contribution in [0, 0.1) is 5.82 Å². The van der Waals surface area contributed by atoms with Crippen molar-refractivity contribution in [2.24, 2.45) is 5.14 Å². The van der Waals surface area contributed by atoms with Gasteiger partial charge in [-0.2, -0.15) is 4.31 Å². The fourth-order valence-electron chi connectivity index (χ4n) is 2.16. The molecule has 1 unspecified atom stereocenters. The first-order valence-electron chi connectivity index (χ1n) is 7.00. The largest absolute Gasteiger partial charge is 0.243 e. The second-order valence-corrected chi connectivity index (χ2v) is 9.35. The molecule has 0 fully saturated rings. The average molecular weight is 407 g/mol. The first-order valence-corrected chi connectivity index (χ1v) is 10.4. The van der Waals surface area contributed by atoms with Gasteiger partial charge in [0.25, 0.3) is 0 Å². The Morgan fingerprint density at radius 3 is 2.04 bits per heavy atom. The molecule has 0 aliphatic rings. The van der Waals surface area contributed by atoms with Crippen LogP contribution in [0.4, 0.5) is 4.39 Å². The standard InChI is InChI=1S/C15H16ClFN2O4S2/c1-10(11-3-5-12(6-4-11)24(18,20)21)19(2)25(22,23)13-7-8-15(17)14(16)9-13/h3-10H,1-2H3,(H2,18,20,21). The zero-order valence-corrected chi connectivity index (χ0v) is 15.7. The summed E-state index contributed by atoms with van der Waals surface area (Å²) in [5.74, 6) is -0.713. The SMILES string of the molecule is CC(c1ccc(S(N)(=O)=O)cc1)N(C)S(=O)(=O)c1ccc(F)c(Cl)c1. The predicted octanol–water partition coefficient (Wildman–Crippen LogP) is 2.51. The lowest BCUT2D eigenvalue weighted by Crippen LogP contribution is -2.30. The zero-order valence-electron chi connectivity index (χ0n) is 13.3. The topological polar surface area (TPSA) is 97.5 Å². The highest BCUT2D eigenvalue weighted by atomic mass is 35.5. The summed E-state index contributed by atoms with van der Waals surface area (Å²) >= 11 is 5.65. The van der Waals surface area contributed by atoms with Gasteiger partial charge in [-0.05, 0) is 42.8 Å². The number of benzene rings is 2. The van der Waals surface area contributed by atoms with Gasteiger partial charge in [0.05, 0.1) is 14.8 Å². The number of hydrogen-bond acceptors (Lipinski definition) is 4. The van der Waals surface area contributed by atoms with E-state index in [1.807, 2.05) is 0 Å². The highest BCUT2D eigenvalue weighted by molar-refractivity contribution is 7.89. The van der Waals surface area contributed by atoms with Crippen LogP contribution < -0.4 is 5.14 Å². The second-order valence-electron chi connectivity index (χ2n) is 5.39. The molecular weight excluding hydrogens is 391 g/mol. The van der Waals surface area contributed by atoms with Crippen LogP contribution in [0.5, 0.6) is 0 Å². The lowest BCUT2D eigenvalue weighted by Gasteiger charge is -2.25. The number of nitrogens with zero attached hydrogens (tertiary/aromatic N) is 1. The Morgan fingerprint density at radius 2 is 1.56 bits per heavy atom. The lowest BCUT2D eigenvalue weighted by molar-refractivity contribution is 0.398. The first kappa shape index (κ1) is 19.8. The first-order chi connectivity index (χ1) is 11.4. The minimum Gasteiger partial charge on any atom is -0.225 e. The van der Waals surface area contributed by atoms with Crippen LogP contribution >= 0.6 is 11.6 Å². The summed E-state index contributed by atoms with van der Waals surface area (Å²) in [5, 5.41) is 4.75. The Labute approximate surface area is 151 Å². The number of primary sulfonamides is 1. The Balaban J connectivity index is 2.35. The van der Waals surface area contributed by atoms with E-state index in [1.165, 1.54) is 31.3 Å². The Morgan fingerprint density at radius 1 is 1.04 bits per heavy atom. The summed E-state index contributed by atoms with van der Waals surface area (Å²) in [6, 6.07) is 8.11. The molecule has 2 N–H and O–H groups in total. The predicted molar refractivity (Wildman–Crippen MR) is 92.6 cm³/mol. The third-order valence-corrected chi connectivity index (χ3v) is 6.95. The normalized spacial score (nSPS) is 13.8. The third kappa shape index (κ3) is 4.18. The lowest BCUT2D eigenvalue weighted by atomic mass is 10.1. The van der Waals surface area contributed by atoms with Gasteiger partial charge in [0, 0.05) is 13.1 Å². The van der Waals surface area contributed by atoms with Crippen LogP contribution in [0.2, 0.25) is 5.02 Å². The number of halogens is 2. The van der Waals surface area contributed by atoms with Gasteiger partial charge in [-0.25, -0.2) is 26.4 Å². The van der Waals surface area contributed by atoms with E-state index in [9.17, 15) is 21.2 Å². The van der Waals surface area contributed by atoms with E-state index in [2.05, 4.69) is 0 Å². The van der Waals surface area contributed by atoms with Crippen molar-refractivity contribution in [2.75, 3.05) is 7.05 Å². The molecule has 6 nitrogen and oxygen atoms in total. The maximum Gasteiger partial charge on any atom is 0.243 e. The van der Waals surface area contributed by atoms with E-state index >= 15 is 0 Å². The molecule has 0 saturated heterocycles. The van der Waals surface area contributed by atoms with Crippen molar-refractivity contribution in [1.29, 1.82) is 0 Å². The second kappa shape index (κ2) is 7.00. The molecule has 0 amide bonds. The van der Waals surface area contributed by atoms with Crippen molar-refractivity contribution >= 4 is 31.6 Å². The van der Waals surface area contributed by atoms with Crippen molar-refractivity contribution in [3.63, 3.8) is 0 Å². The number of hydrogen-bond donors (Lipinski definition) is 1. The smallest absolute Gasteiger partial charge is 0.225 e. The molecule has 2 aromatic rings. The van der Waals surface area contributed by atoms with Crippen LogP contribution in [0.15, 0.2) is 52.3 Å². The maximum atomic E-state index is 13.2. The minimum absolute atomic E-state index is 0.0701. The van der Waals surface area contributed by atoms with Gasteiger partial charge in [0.1, 0.15) is 5.82 Å². The molecule has 2 aromatic carbocycles. The van der Waals surface area contributed by atoms with E-state index < -0.39 is 31.9 Å². The molecule has 1 atom stereocenters. The molecule has 25 heavy (non-hydrogen) atoms. The van der Waals surface area contributed by atoms with Gasteiger partial charge in [-0.15, -0.1) is 0 Å². The summed E-state index contributed by atoms with van der Waals surface area (Å²) in [6.45, 7) is 1.63. The monoisotopic (exact) mass is 406 g/mol. The van der Waals surface area contributed by atoms with Gasteiger partial charge < -0.3 is 0 Å². The molecule has 0 heterocycles. The van der Waals surface area contributed by atoms with E-state index in [-0.39, 0.29) is 14.8 Å². The van der Waals surface area contributed by atoms with Crippen molar-refractivity contribution in [1.82, 2.24) is 4.31 Å². The number of rotatable bonds is 5. The quantitative estimate of drug-likeness (QED) is 0.824. The zero-order chi connectivity index (χ0) is 19.0. The average Bonchev–Trinajstić information content (AvgIpc) is 2.55. The van der Waals surface area contributed by atoms with Crippen molar-refractivity contribution < 1.29 is 21.2 Å². The highest BCUT2D eigenvalue weighted by Crippen LogP contribution is 2.28. The molecule has 0 aliphatic carbocycles. The van der Waals surface area contributed by atoms with Crippen molar-refractivity contribution in [2.45, 2.75) is 22.8 Å². The van der Waals surface area contributed by atoms with Gasteiger partial charge in [0.2, 0.25) is 20.0 Å². The summed E-state index contributed by atoms with van der Waals surface area (Å²) < 4.78 is 62.2. The molecular formula is C15H16ClFN2O4S2. The number of nitrogens with two attached hydrogens (primary N) is 1. The molecule has 136 valence electrons. The van der Waals surface area contributed by atoms with Crippen LogP contribution in [-0.2, 0) is 20.0 Å². The molecule has 0 radical (unpaired) electrons. The van der Waals surface area contributed by atoms with Gasteiger partial charge >= 0.3 is 0 Å². The highest BCUT2D eigenvalue weighted by Gasteiger charge is 2.27.